The quantitative estimate of drug-likeness (QED) is 0.338. The van der Waals surface area contributed by atoms with Gasteiger partial charge in [-0.15, -0.1) is 0 Å². The van der Waals surface area contributed by atoms with Gasteiger partial charge in [0.15, 0.2) is 0 Å². The van der Waals surface area contributed by atoms with Crippen LogP contribution < -0.4 is 15.1 Å². The number of nitro groups is 1. The van der Waals surface area contributed by atoms with Crippen LogP contribution in [0.2, 0.25) is 5.02 Å². The zero-order valence-electron chi connectivity index (χ0n) is 17.6. The Hall–Kier alpha value is -3.98. The van der Waals surface area contributed by atoms with E-state index in [0.29, 0.717) is 48.2 Å². The molecule has 0 bridgehead atoms. The largest absolute Gasteiger partial charge is 0.368 e. The number of pyridine rings is 1. The van der Waals surface area contributed by atoms with Crippen molar-refractivity contribution < 1.29 is 4.92 Å². The van der Waals surface area contributed by atoms with Gasteiger partial charge in [-0.25, -0.2) is 9.97 Å². The maximum Gasteiger partial charge on any atom is 0.353 e. The van der Waals surface area contributed by atoms with E-state index in [1.165, 1.54) is 6.33 Å². The predicted molar refractivity (Wildman–Crippen MR) is 130 cm³/mol. The second-order valence-corrected chi connectivity index (χ2v) is 8.05. The second-order valence-electron chi connectivity index (χ2n) is 7.61. The molecule has 33 heavy (non-hydrogen) atoms. The van der Waals surface area contributed by atoms with Gasteiger partial charge >= 0.3 is 5.69 Å². The molecule has 0 atom stereocenters. The van der Waals surface area contributed by atoms with E-state index in [0.717, 1.165) is 11.1 Å². The average Bonchev–Trinajstić information content (AvgIpc) is 2.84. The van der Waals surface area contributed by atoms with Crippen LogP contribution in [0.3, 0.4) is 0 Å². The lowest BCUT2D eigenvalue weighted by molar-refractivity contribution is -0.383. The molecule has 4 aromatic rings. The smallest absolute Gasteiger partial charge is 0.353 e. The minimum absolute atomic E-state index is 0.139. The van der Waals surface area contributed by atoms with Gasteiger partial charge in [0.1, 0.15) is 6.33 Å². The summed E-state index contributed by atoms with van der Waals surface area (Å²) in [7, 11) is 0. The highest BCUT2D eigenvalue weighted by atomic mass is 35.5. The fraction of sp³-hybridized carbons (Fsp3) is 0.174. The summed E-state index contributed by atoms with van der Waals surface area (Å²) in [6, 6.07) is 17.1. The second kappa shape index (κ2) is 8.87. The van der Waals surface area contributed by atoms with E-state index in [1.807, 2.05) is 59.5 Å². The van der Waals surface area contributed by atoms with Gasteiger partial charge in [-0.2, -0.15) is 0 Å². The van der Waals surface area contributed by atoms with Crippen LogP contribution in [0.25, 0.3) is 10.9 Å². The average molecular weight is 462 g/mol. The zero-order chi connectivity index (χ0) is 22.8. The lowest BCUT2D eigenvalue weighted by Gasteiger charge is -2.36. The Morgan fingerprint density at radius 3 is 2.48 bits per heavy atom. The van der Waals surface area contributed by atoms with Crippen molar-refractivity contribution in [3.8, 4) is 0 Å². The molecule has 0 unspecified atom stereocenters. The van der Waals surface area contributed by atoms with Crippen LogP contribution >= 0.6 is 11.6 Å². The van der Waals surface area contributed by atoms with Crippen molar-refractivity contribution in [1.29, 1.82) is 0 Å². The third-order valence-corrected chi connectivity index (χ3v) is 5.86. The van der Waals surface area contributed by atoms with E-state index < -0.39 is 4.92 Å². The summed E-state index contributed by atoms with van der Waals surface area (Å²) in [6.45, 7) is 2.55. The van der Waals surface area contributed by atoms with Gasteiger partial charge in [0.25, 0.3) is 0 Å². The van der Waals surface area contributed by atoms with E-state index in [9.17, 15) is 10.1 Å². The van der Waals surface area contributed by atoms with Crippen molar-refractivity contribution in [3.05, 3.63) is 82.3 Å². The first kappa shape index (κ1) is 20.9. The summed E-state index contributed by atoms with van der Waals surface area (Å²) < 4.78 is 0. The van der Waals surface area contributed by atoms with Gasteiger partial charge in [0, 0.05) is 48.5 Å². The van der Waals surface area contributed by atoms with Crippen LogP contribution in [0.4, 0.5) is 28.7 Å². The van der Waals surface area contributed by atoms with Crippen LogP contribution in [-0.2, 0) is 0 Å². The molecule has 10 heteroatoms. The number of halogens is 1. The number of hydrogen-bond acceptors (Lipinski definition) is 8. The molecular formula is C23H20ClN7O2. The highest BCUT2D eigenvalue weighted by Crippen LogP contribution is 2.35. The minimum Gasteiger partial charge on any atom is -0.368 e. The monoisotopic (exact) mass is 461 g/mol. The molecule has 1 aliphatic rings. The van der Waals surface area contributed by atoms with Gasteiger partial charge in [0.05, 0.1) is 16.1 Å². The van der Waals surface area contributed by atoms with Crippen molar-refractivity contribution in [2.75, 3.05) is 41.3 Å². The Bertz CT molecular complexity index is 1320. The molecule has 0 radical (unpaired) electrons. The van der Waals surface area contributed by atoms with Crippen molar-refractivity contribution in [2.24, 2.45) is 0 Å². The Labute approximate surface area is 194 Å². The Balaban J connectivity index is 1.42. The number of anilines is 4. The molecule has 5 rings (SSSR count). The molecule has 1 saturated heterocycles. The molecule has 1 fully saturated rings. The van der Waals surface area contributed by atoms with Gasteiger partial charge in [-0.05, 0) is 30.3 Å². The Morgan fingerprint density at radius 1 is 0.939 bits per heavy atom. The van der Waals surface area contributed by atoms with Crippen LogP contribution in [-0.4, -0.2) is 46.1 Å². The van der Waals surface area contributed by atoms with Crippen molar-refractivity contribution >= 4 is 51.2 Å². The third kappa shape index (κ3) is 4.22. The van der Waals surface area contributed by atoms with Crippen molar-refractivity contribution in [2.45, 2.75) is 0 Å². The summed E-state index contributed by atoms with van der Waals surface area (Å²) in [5, 5.41) is 16.8. The van der Waals surface area contributed by atoms with E-state index in [2.05, 4.69) is 25.2 Å². The summed E-state index contributed by atoms with van der Waals surface area (Å²) in [5.41, 5.74) is 2.24. The van der Waals surface area contributed by atoms with E-state index in [4.69, 9.17) is 11.6 Å². The molecule has 166 valence electrons. The van der Waals surface area contributed by atoms with Crippen LogP contribution in [0, 0.1) is 10.1 Å². The van der Waals surface area contributed by atoms with Gasteiger partial charge < -0.3 is 15.1 Å². The number of para-hydroxylation sites is 1. The molecule has 2 aromatic carbocycles. The number of hydrogen-bond donors (Lipinski definition) is 1. The summed E-state index contributed by atoms with van der Waals surface area (Å²) in [5.74, 6) is 0.442. The normalized spacial score (nSPS) is 13.8. The number of piperazine rings is 1. The SMILES string of the molecule is O=[N+]([O-])c1c(Nc2cccc3cccnc23)ncnc1N1CCN(c2cccc(Cl)c2)CC1. The number of fused-ring (bicyclic) bond motifs is 1. The van der Waals surface area contributed by atoms with Crippen LogP contribution in [0.1, 0.15) is 0 Å². The zero-order valence-corrected chi connectivity index (χ0v) is 18.3. The first-order valence-corrected chi connectivity index (χ1v) is 10.8. The molecule has 0 aliphatic carbocycles. The third-order valence-electron chi connectivity index (χ3n) is 5.62. The molecule has 1 aliphatic heterocycles. The molecule has 9 nitrogen and oxygen atoms in total. The maximum absolute atomic E-state index is 12.1. The lowest BCUT2D eigenvalue weighted by atomic mass is 10.2. The first-order chi connectivity index (χ1) is 16.1. The summed E-state index contributed by atoms with van der Waals surface area (Å²) in [6.07, 6.45) is 3.04. The Kier molecular flexibility index (Phi) is 5.62. The summed E-state index contributed by atoms with van der Waals surface area (Å²) in [4.78, 5) is 28.6. The lowest BCUT2D eigenvalue weighted by Crippen LogP contribution is -2.47. The number of rotatable bonds is 5. The highest BCUT2D eigenvalue weighted by molar-refractivity contribution is 6.30. The predicted octanol–water partition coefficient (Wildman–Crippen LogP) is 4.66. The standard InChI is InChI=1S/C23H20ClN7O2/c24-17-6-2-7-18(14-17)29-10-12-30(13-11-29)23-21(31(32)33)22(26-15-27-23)28-19-8-1-4-16-5-3-9-25-20(16)19/h1-9,14-15H,10-13H2,(H,26,27,28). The van der Waals surface area contributed by atoms with Gasteiger partial charge in [0.2, 0.25) is 11.6 Å². The fourth-order valence-corrected chi connectivity index (χ4v) is 4.23. The van der Waals surface area contributed by atoms with E-state index in [-0.39, 0.29) is 11.5 Å². The van der Waals surface area contributed by atoms with Crippen molar-refractivity contribution in [3.63, 3.8) is 0 Å². The topological polar surface area (TPSA) is 100 Å². The van der Waals surface area contributed by atoms with Gasteiger partial charge in [-0.3, -0.25) is 15.1 Å². The fourth-order valence-electron chi connectivity index (χ4n) is 4.04. The van der Waals surface area contributed by atoms with E-state index in [1.54, 1.807) is 6.20 Å². The molecular weight excluding hydrogens is 442 g/mol. The number of nitrogens with one attached hydrogen (secondary N) is 1. The number of aromatic nitrogens is 3. The van der Waals surface area contributed by atoms with Crippen molar-refractivity contribution in [1.82, 2.24) is 15.0 Å². The summed E-state index contributed by atoms with van der Waals surface area (Å²) >= 11 is 6.12. The van der Waals surface area contributed by atoms with Gasteiger partial charge in [-0.1, -0.05) is 35.9 Å². The minimum atomic E-state index is -0.431. The highest BCUT2D eigenvalue weighted by Gasteiger charge is 2.29. The van der Waals surface area contributed by atoms with Crippen LogP contribution in [0.5, 0.6) is 0 Å². The molecule has 0 saturated carbocycles. The molecule has 3 heterocycles. The number of benzene rings is 2. The molecule has 0 amide bonds. The Morgan fingerprint density at radius 2 is 1.70 bits per heavy atom. The molecule has 0 spiro atoms. The maximum atomic E-state index is 12.1. The first-order valence-electron chi connectivity index (χ1n) is 10.5. The molecule has 1 N–H and O–H groups in total. The van der Waals surface area contributed by atoms with E-state index >= 15 is 0 Å². The van der Waals surface area contributed by atoms with Crippen LogP contribution in [0.15, 0.2) is 67.1 Å². The number of nitrogens with zero attached hydrogens (tertiary/aromatic N) is 6. The molecule has 2 aromatic heterocycles.